The van der Waals surface area contributed by atoms with Gasteiger partial charge in [0.2, 0.25) is 5.78 Å². The number of hydrogen-bond acceptors (Lipinski definition) is 5. The van der Waals surface area contributed by atoms with E-state index in [-0.39, 0.29) is 17.7 Å². The van der Waals surface area contributed by atoms with E-state index in [1.807, 2.05) is 12.1 Å². The first-order valence-corrected chi connectivity index (χ1v) is 9.38. The molecule has 2 rings (SSSR count). The number of benzene rings is 2. The molecule has 1 atom stereocenters. The average molecular weight is 397 g/mol. The fraction of sp³-hybridized carbons (Fsp3) is 0.348. The minimum Gasteiger partial charge on any atom is -0.497 e. The maximum atomic E-state index is 12.5. The van der Waals surface area contributed by atoms with Gasteiger partial charge in [0.05, 0.1) is 7.11 Å². The number of Topliss-reactive ketones (excluding diaryl/α,β-unsaturated/α-hetero) is 1. The second-order valence-corrected chi connectivity index (χ2v) is 7.74. The molecule has 0 saturated carbocycles. The molecular weight excluding hydrogens is 370 g/mol. The maximum Gasteiger partial charge on any atom is 0.326 e. The molecule has 2 aromatic carbocycles. The van der Waals surface area contributed by atoms with Crippen molar-refractivity contribution >= 4 is 17.7 Å². The summed E-state index contributed by atoms with van der Waals surface area (Å²) in [6.07, 6.45) is -0.947. The van der Waals surface area contributed by atoms with Crippen molar-refractivity contribution in [1.29, 1.82) is 0 Å². The lowest BCUT2D eigenvalue weighted by Crippen LogP contribution is -2.34. The topological polar surface area (TPSA) is 81.7 Å². The van der Waals surface area contributed by atoms with Crippen LogP contribution in [0.1, 0.15) is 54.0 Å². The van der Waals surface area contributed by atoms with Crippen LogP contribution in [0.3, 0.4) is 0 Å². The lowest BCUT2D eigenvalue weighted by atomic mass is 9.86. The molecule has 0 spiro atoms. The molecule has 29 heavy (non-hydrogen) atoms. The molecule has 0 aromatic heterocycles. The molecule has 6 heteroatoms. The molecule has 0 fully saturated rings. The maximum absolute atomic E-state index is 12.5. The van der Waals surface area contributed by atoms with Gasteiger partial charge in [-0.2, -0.15) is 0 Å². The summed E-state index contributed by atoms with van der Waals surface area (Å²) in [6.45, 7) is 7.45. The zero-order chi connectivity index (χ0) is 21.6. The quantitative estimate of drug-likeness (QED) is 0.571. The first-order valence-electron chi connectivity index (χ1n) is 9.38. The van der Waals surface area contributed by atoms with E-state index < -0.39 is 18.0 Å². The van der Waals surface area contributed by atoms with Gasteiger partial charge in [0.1, 0.15) is 12.3 Å². The van der Waals surface area contributed by atoms with Gasteiger partial charge in [0, 0.05) is 11.1 Å². The third-order valence-corrected chi connectivity index (χ3v) is 4.44. The van der Waals surface area contributed by atoms with Crippen LogP contribution in [0.25, 0.3) is 0 Å². The number of rotatable bonds is 7. The van der Waals surface area contributed by atoms with Crippen molar-refractivity contribution in [2.45, 2.75) is 39.2 Å². The highest BCUT2D eigenvalue weighted by molar-refractivity contribution is 6.00. The van der Waals surface area contributed by atoms with Crippen molar-refractivity contribution in [2.75, 3.05) is 13.7 Å². The van der Waals surface area contributed by atoms with Gasteiger partial charge in [-0.3, -0.25) is 14.4 Å². The molecule has 2 aromatic rings. The van der Waals surface area contributed by atoms with E-state index in [4.69, 9.17) is 9.47 Å². The van der Waals surface area contributed by atoms with E-state index in [0.717, 1.165) is 5.56 Å². The van der Waals surface area contributed by atoms with Gasteiger partial charge in [-0.25, -0.2) is 0 Å². The number of methoxy groups -OCH3 is 1. The van der Waals surface area contributed by atoms with Gasteiger partial charge in [-0.1, -0.05) is 51.1 Å². The Morgan fingerprint density at radius 1 is 1.00 bits per heavy atom. The van der Waals surface area contributed by atoms with Crippen LogP contribution in [-0.2, 0) is 14.9 Å². The highest BCUT2D eigenvalue weighted by Gasteiger charge is 2.21. The number of hydrogen-bond donors (Lipinski definition) is 1. The van der Waals surface area contributed by atoms with Crippen LogP contribution < -0.4 is 10.1 Å². The molecule has 6 nitrogen and oxygen atoms in total. The zero-order valence-electron chi connectivity index (χ0n) is 17.4. The lowest BCUT2D eigenvalue weighted by Gasteiger charge is -2.19. The Bertz CT molecular complexity index is 881. The number of carbonyl (C=O) groups is 3. The Kier molecular flexibility index (Phi) is 7.15. The van der Waals surface area contributed by atoms with Gasteiger partial charge in [0.25, 0.3) is 5.91 Å². The molecule has 154 valence electrons. The largest absolute Gasteiger partial charge is 0.497 e. The molecule has 1 amide bonds. The van der Waals surface area contributed by atoms with Gasteiger partial charge in [0.15, 0.2) is 6.10 Å². The van der Waals surface area contributed by atoms with Gasteiger partial charge in [-0.05, 0) is 36.1 Å². The highest BCUT2D eigenvalue weighted by Crippen LogP contribution is 2.22. The van der Waals surface area contributed by atoms with Crippen LogP contribution in [0.15, 0.2) is 48.5 Å². The smallest absolute Gasteiger partial charge is 0.326 e. The average Bonchev–Trinajstić information content (AvgIpc) is 2.70. The lowest BCUT2D eigenvalue weighted by molar-refractivity contribution is -0.145. The van der Waals surface area contributed by atoms with Crippen LogP contribution >= 0.6 is 0 Å². The van der Waals surface area contributed by atoms with Gasteiger partial charge < -0.3 is 14.8 Å². The van der Waals surface area contributed by atoms with Crippen LogP contribution in [0, 0.1) is 0 Å². The Morgan fingerprint density at radius 2 is 1.66 bits per heavy atom. The molecule has 0 aliphatic rings. The van der Waals surface area contributed by atoms with E-state index in [1.54, 1.807) is 36.4 Å². The van der Waals surface area contributed by atoms with E-state index in [2.05, 4.69) is 26.1 Å². The Balaban J connectivity index is 1.89. The van der Waals surface area contributed by atoms with Crippen molar-refractivity contribution in [3.8, 4) is 5.75 Å². The SMILES string of the molecule is COc1cccc(C(=O)NCC(=O)O[C@@H](C)C(=O)c2ccc(C(C)(C)C)cc2)c1. The molecule has 0 radical (unpaired) electrons. The molecule has 0 saturated heterocycles. The predicted molar refractivity (Wildman–Crippen MR) is 110 cm³/mol. The Morgan fingerprint density at radius 3 is 2.24 bits per heavy atom. The van der Waals surface area contributed by atoms with Crippen LogP contribution in [-0.4, -0.2) is 37.4 Å². The molecule has 0 bridgehead atoms. The van der Waals surface area contributed by atoms with Crippen molar-refractivity contribution in [2.24, 2.45) is 0 Å². The van der Waals surface area contributed by atoms with Crippen molar-refractivity contribution in [3.63, 3.8) is 0 Å². The summed E-state index contributed by atoms with van der Waals surface area (Å²) in [4.78, 5) is 36.6. The molecule has 1 N–H and O–H groups in total. The van der Waals surface area contributed by atoms with E-state index >= 15 is 0 Å². The fourth-order valence-electron chi connectivity index (χ4n) is 2.68. The van der Waals surface area contributed by atoms with Gasteiger partial charge >= 0.3 is 5.97 Å². The van der Waals surface area contributed by atoms with E-state index in [9.17, 15) is 14.4 Å². The third-order valence-electron chi connectivity index (χ3n) is 4.44. The Labute approximate surface area is 171 Å². The van der Waals surface area contributed by atoms with Crippen LogP contribution in [0.4, 0.5) is 0 Å². The van der Waals surface area contributed by atoms with Crippen LogP contribution in [0.5, 0.6) is 5.75 Å². The molecular formula is C23H27NO5. The molecule has 0 aliphatic carbocycles. The first-order chi connectivity index (χ1) is 13.6. The summed E-state index contributed by atoms with van der Waals surface area (Å²) < 4.78 is 10.2. The zero-order valence-corrected chi connectivity index (χ0v) is 17.4. The molecule has 0 unspecified atom stereocenters. The standard InChI is InChI=1S/C23H27NO5/c1-15(21(26)16-9-11-18(12-10-16)23(2,3)4)29-20(25)14-24-22(27)17-7-6-8-19(13-17)28-5/h6-13,15H,14H2,1-5H3,(H,24,27)/t15-/m0/s1. The summed E-state index contributed by atoms with van der Waals surface area (Å²) in [5.41, 5.74) is 1.93. The monoisotopic (exact) mass is 397 g/mol. The second-order valence-electron chi connectivity index (χ2n) is 7.74. The summed E-state index contributed by atoms with van der Waals surface area (Å²) in [5, 5.41) is 2.48. The minimum atomic E-state index is -0.947. The summed E-state index contributed by atoms with van der Waals surface area (Å²) in [5.74, 6) is -0.874. The first kappa shape index (κ1) is 22.1. The second kappa shape index (κ2) is 9.37. The molecule has 0 aliphatic heterocycles. The predicted octanol–water partition coefficient (Wildman–Crippen LogP) is 3.54. The number of esters is 1. The van der Waals surface area contributed by atoms with Gasteiger partial charge in [-0.15, -0.1) is 0 Å². The normalized spacial score (nSPS) is 12.0. The van der Waals surface area contributed by atoms with E-state index in [1.165, 1.54) is 14.0 Å². The number of ether oxygens (including phenoxy) is 2. The minimum absolute atomic E-state index is 0.0133. The number of ketones is 1. The summed E-state index contributed by atoms with van der Waals surface area (Å²) in [6, 6.07) is 13.8. The fourth-order valence-corrected chi connectivity index (χ4v) is 2.68. The number of carbonyl (C=O) groups excluding carboxylic acids is 3. The third kappa shape index (κ3) is 6.17. The van der Waals surface area contributed by atoms with Crippen molar-refractivity contribution in [3.05, 3.63) is 65.2 Å². The van der Waals surface area contributed by atoms with Crippen LogP contribution in [0.2, 0.25) is 0 Å². The summed E-state index contributed by atoms with van der Waals surface area (Å²) >= 11 is 0. The van der Waals surface area contributed by atoms with Crippen molar-refractivity contribution in [1.82, 2.24) is 5.32 Å². The number of nitrogens with one attached hydrogen (secondary N) is 1. The Hall–Kier alpha value is -3.15. The van der Waals surface area contributed by atoms with Crippen molar-refractivity contribution < 1.29 is 23.9 Å². The molecule has 0 heterocycles. The number of amides is 1. The van der Waals surface area contributed by atoms with E-state index in [0.29, 0.717) is 16.9 Å². The summed E-state index contributed by atoms with van der Waals surface area (Å²) in [7, 11) is 1.50. The highest BCUT2D eigenvalue weighted by atomic mass is 16.5.